The van der Waals surface area contributed by atoms with E-state index < -0.39 is 0 Å². The van der Waals surface area contributed by atoms with Crippen molar-refractivity contribution in [2.24, 2.45) is 0 Å². The maximum Gasteiger partial charge on any atom is 0.163 e. The second kappa shape index (κ2) is 6.81. The molecule has 4 nitrogen and oxygen atoms in total. The average Bonchev–Trinajstić information content (AvgIpc) is 2.54. The number of halogens is 2. The zero-order chi connectivity index (χ0) is 16.3. The predicted octanol–water partition coefficient (Wildman–Crippen LogP) is 4.59. The smallest absolute Gasteiger partial charge is 0.163 e. The van der Waals surface area contributed by atoms with Crippen molar-refractivity contribution in [3.8, 4) is 23.0 Å². The Morgan fingerprint density at radius 1 is 0.864 bits per heavy atom. The molecule has 116 valence electrons. The van der Waals surface area contributed by atoms with E-state index in [0.717, 1.165) is 11.3 Å². The summed E-state index contributed by atoms with van der Waals surface area (Å²) in [6, 6.07) is 7.26. The molecule has 0 aliphatic heterocycles. The fraction of sp³-hybridized carbons (Fsp3) is 0.125. The Bertz CT molecular complexity index is 680. The first-order valence-corrected chi connectivity index (χ1v) is 7.04. The number of aromatic hydroxyl groups is 2. The highest BCUT2D eigenvalue weighted by atomic mass is 35.5. The van der Waals surface area contributed by atoms with Crippen LogP contribution in [0.2, 0.25) is 10.0 Å². The lowest BCUT2D eigenvalue weighted by Gasteiger charge is -2.12. The summed E-state index contributed by atoms with van der Waals surface area (Å²) in [7, 11) is 2.93. The van der Waals surface area contributed by atoms with Gasteiger partial charge in [0, 0.05) is 0 Å². The van der Waals surface area contributed by atoms with Crippen LogP contribution in [0.4, 0.5) is 0 Å². The van der Waals surface area contributed by atoms with Gasteiger partial charge in [-0.25, -0.2) is 0 Å². The topological polar surface area (TPSA) is 58.9 Å². The fourth-order valence-electron chi connectivity index (χ4n) is 1.89. The van der Waals surface area contributed by atoms with Crippen LogP contribution < -0.4 is 9.47 Å². The van der Waals surface area contributed by atoms with Gasteiger partial charge in [-0.05, 0) is 23.8 Å². The highest BCUT2D eigenvalue weighted by Gasteiger charge is 2.20. The molecule has 0 saturated heterocycles. The van der Waals surface area contributed by atoms with Crippen LogP contribution in [0.5, 0.6) is 23.0 Å². The molecule has 0 atom stereocenters. The van der Waals surface area contributed by atoms with E-state index in [1.54, 1.807) is 25.3 Å². The summed E-state index contributed by atoms with van der Waals surface area (Å²) in [5.41, 5.74) is 0.967. The predicted molar refractivity (Wildman–Crippen MR) is 88.3 cm³/mol. The molecule has 0 bridgehead atoms. The highest BCUT2D eigenvalue weighted by Crippen LogP contribution is 2.48. The molecule has 0 aliphatic carbocycles. The van der Waals surface area contributed by atoms with Crippen LogP contribution in [0, 0.1) is 0 Å². The van der Waals surface area contributed by atoms with Gasteiger partial charge in [0.1, 0.15) is 27.3 Å². The lowest BCUT2D eigenvalue weighted by atomic mass is 10.1. The zero-order valence-corrected chi connectivity index (χ0v) is 13.4. The van der Waals surface area contributed by atoms with E-state index in [-0.39, 0.29) is 32.9 Å². The van der Waals surface area contributed by atoms with Crippen LogP contribution in [-0.2, 0) is 0 Å². The van der Waals surface area contributed by atoms with Crippen molar-refractivity contribution < 1.29 is 19.7 Å². The molecular formula is C16H14Cl2O4. The summed E-state index contributed by atoms with van der Waals surface area (Å²) in [4.78, 5) is 0. The van der Waals surface area contributed by atoms with Gasteiger partial charge < -0.3 is 19.7 Å². The number of phenols is 2. The molecule has 2 rings (SSSR count). The summed E-state index contributed by atoms with van der Waals surface area (Å²) in [5, 5.41) is 20.0. The number of rotatable bonds is 4. The molecule has 0 amide bonds. The monoisotopic (exact) mass is 340 g/mol. The highest BCUT2D eigenvalue weighted by molar-refractivity contribution is 6.39. The Balaban J connectivity index is 2.42. The van der Waals surface area contributed by atoms with Crippen molar-refractivity contribution in [1.29, 1.82) is 0 Å². The van der Waals surface area contributed by atoms with Crippen LogP contribution in [-0.4, -0.2) is 24.4 Å². The summed E-state index contributed by atoms with van der Waals surface area (Å²) < 4.78 is 10.0. The van der Waals surface area contributed by atoms with Crippen LogP contribution >= 0.6 is 23.2 Å². The van der Waals surface area contributed by atoms with E-state index >= 15 is 0 Å². The first-order valence-electron chi connectivity index (χ1n) is 6.28. The minimum Gasteiger partial charge on any atom is -0.505 e. The van der Waals surface area contributed by atoms with Crippen LogP contribution in [0.1, 0.15) is 11.1 Å². The molecule has 0 saturated carbocycles. The largest absolute Gasteiger partial charge is 0.505 e. The summed E-state index contributed by atoms with van der Waals surface area (Å²) >= 11 is 12.0. The lowest BCUT2D eigenvalue weighted by molar-refractivity contribution is 0.398. The minimum atomic E-state index is -0.301. The Morgan fingerprint density at radius 3 is 1.86 bits per heavy atom. The third kappa shape index (κ3) is 3.08. The van der Waals surface area contributed by atoms with Crippen LogP contribution in [0.3, 0.4) is 0 Å². The molecular weight excluding hydrogens is 327 g/mol. The summed E-state index contributed by atoms with van der Waals surface area (Å²) in [6.45, 7) is 0. The van der Waals surface area contributed by atoms with Crippen molar-refractivity contribution in [2.45, 2.75) is 0 Å². The Kier molecular flexibility index (Phi) is 5.06. The Hall–Kier alpha value is -2.04. The molecule has 6 heteroatoms. The zero-order valence-electron chi connectivity index (χ0n) is 11.9. The second-order valence-corrected chi connectivity index (χ2v) is 5.13. The quantitative estimate of drug-likeness (QED) is 0.799. The Labute approximate surface area is 138 Å². The molecule has 2 N–H and O–H groups in total. The van der Waals surface area contributed by atoms with Crippen molar-refractivity contribution >= 4 is 35.4 Å². The van der Waals surface area contributed by atoms with Gasteiger partial charge in [-0.2, -0.15) is 0 Å². The molecule has 2 aromatic carbocycles. The van der Waals surface area contributed by atoms with Gasteiger partial charge in [-0.1, -0.05) is 41.4 Å². The van der Waals surface area contributed by atoms with E-state index in [9.17, 15) is 10.2 Å². The third-order valence-corrected chi connectivity index (χ3v) is 3.79. The van der Waals surface area contributed by atoms with Gasteiger partial charge >= 0.3 is 0 Å². The van der Waals surface area contributed by atoms with Gasteiger partial charge in [0.25, 0.3) is 0 Å². The number of benzene rings is 2. The summed E-state index contributed by atoms with van der Waals surface area (Å²) in [5.74, 6) is 0.161. The van der Waals surface area contributed by atoms with E-state index in [2.05, 4.69) is 0 Å². The van der Waals surface area contributed by atoms with E-state index in [1.807, 2.05) is 12.1 Å². The minimum absolute atomic E-state index is 0.0277. The molecule has 22 heavy (non-hydrogen) atoms. The first kappa shape index (κ1) is 16.3. The second-order valence-electron chi connectivity index (χ2n) is 4.38. The van der Waals surface area contributed by atoms with E-state index in [4.69, 9.17) is 32.7 Å². The number of hydrogen-bond donors (Lipinski definition) is 2. The van der Waals surface area contributed by atoms with Crippen molar-refractivity contribution in [3.63, 3.8) is 0 Å². The van der Waals surface area contributed by atoms with Gasteiger partial charge in [0.05, 0.1) is 19.8 Å². The average molecular weight is 341 g/mol. The molecule has 0 radical (unpaired) electrons. The van der Waals surface area contributed by atoms with E-state index in [1.165, 1.54) is 13.2 Å². The van der Waals surface area contributed by atoms with Gasteiger partial charge in [0.15, 0.2) is 5.75 Å². The molecule has 0 spiro atoms. The van der Waals surface area contributed by atoms with Crippen molar-refractivity contribution in [3.05, 3.63) is 45.4 Å². The van der Waals surface area contributed by atoms with Gasteiger partial charge in [-0.3, -0.25) is 0 Å². The lowest BCUT2D eigenvalue weighted by Crippen LogP contribution is -1.89. The SMILES string of the molecule is COc1ccc(C=Cc2c(O)c(Cl)c(OC)c(Cl)c2O)cc1. The molecule has 0 heterocycles. The maximum atomic E-state index is 10.1. The molecule has 0 aromatic heterocycles. The van der Waals surface area contributed by atoms with Crippen molar-refractivity contribution in [1.82, 2.24) is 0 Å². The number of phenolic OH excluding ortho intramolecular Hbond substituents is 2. The number of methoxy groups -OCH3 is 2. The maximum absolute atomic E-state index is 10.1. The van der Waals surface area contributed by atoms with E-state index in [0.29, 0.717) is 0 Å². The third-order valence-electron chi connectivity index (χ3n) is 3.09. The molecule has 0 unspecified atom stereocenters. The first-order chi connectivity index (χ1) is 10.5. The normalized spacial score (nSPS) is 10.9. The van der Waals surface area contributed by atoms with Gasteiger partial charge in [0.2, 0.25) is 0 Å². The fourth-order valence-corrected chi connectivity index (χ4v) is 2.49. The van der Waals surface area contributed by atoms with Crippen LogP contribution in [0.15, 0.2) is 24.3 Å². The molecule has 0 aliphatic rings. The van der Waals surface area contributed by atoms with Gasteiger partial charge in [-0.15, -0.1) is 0 Å². The molecule has 0 fully saturated rings. The Morgan fingerprint density at radius 2 is 1.41 bits per heavy atom. The number of ether oxygens (including phenoxy) is 2. The molecule has 2 aromatic rings. The number of hydrogen-bond acceptors (Lipinski definition) is 4. The van der Waals surface area contributed by atoms with Crippen molar-refractivity contribution in [2.75, 3.05) is 14.2 Å². The standard InChI is InChI=1S/C16H14Cl2O4/c1-21-10-6-3-9(4-7-10)5-8-11-14(19)12(17)16(22-2)13(18)15(11)20/h3-8,19-20H,1-2H3. The van der Waals surface area contributed by atoms with Crippen LogP contribution in [0.25, 0.3) is 12.2 Å². The summed E-state index contributed by atoms with van der Waals surface area (Å²) in [6.07, 6.45) is 3.22.